The summed E-state index contributed by atoms with van der Waals surface area (Å²) >= 11 is 0. The lowest BCUT2D eigenvalue weighted by atomic mass is 10.1. The van der Waals surface area contributed by atoms with Crippen molar-refractivity contribution in [3.8, 4) is 11.3 Å². The van der Waals surface area contributed by atoms with Crippen LogP contribution in [0.15, 0.2) is 46.9 Å². The van der Waals surface area contributed by atoms with Gasteiger partial charge < -0.3 is 4.42 Å². The number of amides is 1. The second-order valence-electron chi connectivity index (χ2n) is 5.37. The molecule has 0 radical (unpaired) electrons. The number of para-hydroxylation sites is 1. The quantitative estimate of drug-likeness (QED) is 0.575. The topological polar surface area (TPSA) is 111 Å². The van der Waals surface area contributed by atoms with Crippen LogP contribution in [0.25, 0.3) is 11.3 Å². The average molecular weight is 338 g/mol. The van der Waals surface area contributed by atoms with E-state index in [1.807, 2.05) is 0 Å². The largest absolute Gasteiger partial charge is 0.451 e. The van der Waals surface area contributed by atoms with E-state index in [-0.39, 0.29) is 23.2 Å². The van der Waals surface area contributed by atoms with Crippen LogP contribution in [0.1, 0.15) is 21.9 Å². The molecule has 2 heterocycles. The zero-order chi connectivity index (χ0) is 18.0. The lowest BCUT2D eigenvalue weighted by molar-refractivity contribution is -0.384. The predicted molar refractivity (Wildman–Crippen MR) is 90.3 cm³/mol. The molecule has 0 aliphatic carbocycles. The number of nitro benzene ring substituents is 1. The number of rotatable bonds is 4. The van der Waals surface area contributed by atoms with Gasteiger partial charge in [-0.15, -0.1) is 0 Å². The number of anilines is 1. The minimum absolute atomic E-state index is 0.0101. The Hall–Kier alpha value is -3.55. The fraction of sp³-hybridized carbons (Fsp3) is 0.118. The normalized spacial score (nSPS) is 10.5. The number of aryl methyl sites for hydroxylation is 2. The molecule has 0 aliphatic rings. The van der Waals surface area contributed by atoms with Crippen molar-refractivity contribution in [3.05, 3.63) is 69.7 Å². The number of furan rings is 1. The van der Waals surface area contributed by atoms with Crippen molar-refractivity contribution < 1.29 is 14.1 Å². The maximum Gasteiger partial charge on any atom is 0.293 e. The number of nitrogens with one attached hydrogen (secondary N) is 1. The third-order valence-corrected chi connectivity index (χ3v) is 3.40. The number of carbonyl (C=O) groups is 1. The van der Waals surface area contributed by atoms with E-state index in [0.29, 0.717) is 5.56 Å². The molecule has 8 heteroatoms. The third kappa shape index (κ3) is 3.52. The van der Waals surface area contributed by atoms with Crippen LogP contribution in [-0.4, -0.2) is 20.8 Å². The van der Waals surface area contributed by atoms with Gasteiger partial charge in [-0.05, 0) is 38.1 Å². The van der Waals surface area contributed by atoms with Crippen LogP contribution in [-0.2, 0) is 0 Å². The van der Waals surface area contributed by atoms with Crippen molar-refractivity contribution in [2.45, 2.75) is 13.8 Å². The summed E-state index contributed by atoms with van der Waals surface area (Å²) in [7, 11) is 0. The summed E-state index contributed by atoms with van der Waals surface area (Å²) in [6.45, 7) is 3.59. The highest BCUT2D eigenvalue weighted by molar-refractivity contribution is 6.01. The predicted octanol–water partition coefficient (Wildman–Crippen LogP) is 3.51. The van der Waals surface area contributed by atoms with Gasteiger partial charge in [-0.1, -0.05) is 12.1 Å². The van der Waals surface area contributed by atoms with Crippen molar-refractivity contribution in [1.29, 1.82) is 0 Å². The molecule has 1 amide bonds. The fourth-order valence-corrected chi connectivity index (χ4v) is 2.39. The number of hydrogen-bond donors (Lipinski definition) is 1. The van der Waals surface area contributed by atoms with E-state index < -0.39 is 10.8 Å². The molecular formula is C17H14N4O4. The summed E-state index contributed by atoms with van der Waals surface area (Å²) in [4.78, 5) is 31.1. The standard InChI is InChI=1S/C17H14N4O4/c1-10-9-11(2)19-17(18-10)20-16(22)15-8-7-14(25-15)12-5-3-4-6-13(12)21(23)24/h3-9H,1-2H3,(H,18,19,20,22). The summed E-state index contributed by atoms with van der Waals surface area (Å²) < 4.78 is 5.48. The third-order valence-electron chi connectivity index (χ3n) is 3.40. The molecule has 1 N–H and O–H groups in total. The minimum atomic E-state index is -0.533. The van der Waals surface area contributed by atoms with Gasteiger partial charge in [-0.2, -0.15) is 0 Å². The number of carbonyl (C=O) groups excluding carboxylic acids is 1. The SMILES string of the molecule is Cc1cc(C)nc(NC(=O)c2ccc(-c3ccccc3[N+](=O)[O-])o2)n1. The Labute approximate surface area is 142 Å². The minimum Gasteiger partial charge on any atom is -0.451 e. The molecule has 3 rings (SSSR count). The Morgan fingerprint density at radius 1 is 1.12 bits per heavy atom. The monoisotopic (exact) mass is 338 g/mol. The van der Waals surface area contributed by atoms with E-state index in [0.717, 1.165) is 11.4 Å². The smallest absolute Gasteiger partial charge is 0.293 e. The average Bonchev–Trinajstić information content (AvgIpc) is 3.03. The summed E-state index contributed by atoms with van der Waals surface area (Å²) in [5, 5.41) is 13.7. The van der Waals surface area contributed by atoms with E-state index in [2.05, 4.69) is 15.3 Å². The Morgan fingerprint density at radius 3 is 2.48 bits per heavy atom. The van der Waals surface area contributed by atoms with E-state index in [1.54, 1.807) is 38.1 Å². The van der Waals surface area contributed by atoms with Crippen molar-refractivity contribution in [3.63, 3.8) is 0 Å². The molecule has 25 heavy (non-hydrogen) atoms. The van der Waals surface area contributed by atoms with Gasteiger partial charge in [0.25, 0.3) is 11.6 Å². The van der Waals surface area contributed by atoms with Crippen LogP contribution in [0.4, 0.5) is 11.6 Å². The number of hydrogen-bond acceptors (Lipinski definition) is 6. The highest BCUT2D eigenvalue weighted by atomic mass is 16.6. The van der Waals surface area contributed by atoms with Crippen molar-refractivity contribution in [2.24, 2.45) is 0 Å². The van der Waals surface area contributed by atoms with Crippen LogP contribution in [0.2, 0.25) is 0 Å². The van der Waals surface area contributed by atoms with Gasteiger partial charge in [-0.25, -0.2) is 9.97 Å². The summed E-state index contributed by atoms with van der Waals surface area (Å²) in [5.41, 5.74) is 1.65. The number of nitro groups is 1. The molecule has 0 saturated carbocycles. The first-order valence-corrected chi connectivity index (χ1v) is 7.41. The Bertz CT molecular complexity index is 945. The highest BCUT2D eigenvalue weighted by Crippen LogP contribution is 2.30. The van der Waals surface area contributed by atoms with Gasteiger partial charge in [-0.3, -0.25) is 20.2 Å². The van der Waals surface area contributed by atoms with Crippen molar-refractivity contribution in [2.75, 3.05) is 5.32 Å². The molecule has 0 spiro atoms. The van der Waals surface area contributed by atoms with E-state index in [9.17, 15) is 14.9 Å². The lowest BCUT2D eigenvalue weighted by Crippen LogP contribution is -2.14. The van der Waals surface area contributed by atoms with Gasteiger partial charge in [0, 0.05) is 17.5 Å². The fourth-order valence-electron chi connectivity index (χ4n) is 2.39. The first-order chi connectivity index (χ1) is 11.9. The number of nitrogens with zero attached hydrogens (tertiary/aromatic N) is 3. The molecule has 126 valence electrons. The molecule has 0 saturated heterocycles. The van der Waals surface area contributed by atoms with Crippen LogP contribution in [0, 0.1) is 24.0 Å². The summed E-state index contributed by atoms with van der Waals surface area (Å²) in [6.07, 6.45) is 0. The Kier molecular flexibility index (Phi) is 4.25. The second kappa shape index (κ2) is 6.52. The van der Waals surface area contributed by atoms with Crippen LogP contribution < -0.4 is 5.32 Å². The number of aromatic nitrogens is 2. The molecular weight excluding hydrogens is 324 g/mol. The lowest BCUT2D eigenvalue weighted by Gasteiger charge is -2.04. The molecule has 0 atom stereocenters. The van der Waals surface area contributed by atoms with Crippen molar-refractivity contribution >= 4 is 17.5 Å². The maximum absolute atomic E-state index is 12.3. The van der Waals surface area contributed by atoms with Gasteiger partial charge >= 0.3 is 0 Å². The van der Waals surface area contributed by atoms with E-state index in [4.69, 9.17) is 4.42 Å². The molecule has 0 fully saturated rings. The highest BCUT2D eigenvalue weighted by Gasteiger charge is 2.19. The molecule has 1 aromatic carbocycles. The Morgan fingerprint density at radius 2 is 1.80 bits per heavy atom. The second-order valence-corrected chi connectivity index (χ2v) is 5.37. The molecule has 8 nitrogen and oxygen atoms in total. The van der Waals surface area contributed by atoms with Crippen molar-refractivity contribution in [1.82, 2.24) is 9.97 Å². The zero-order valence-corrected chi connectivity index (χ0v) is 13.5. The molecule has 3 aromatic rings. The van der Waals surface area contributed by atoms with Gasteiger partial charge in [0.15, 0.2) is 5.76 Å². The van der Waals surface area contributed by atoms with Gasteiger partial charge in [0.2, 0.25) is 5.95 Å². The molecule has 0 bridgehead atoms. The molecule has 0 aliphatic heterocycles. The van der Waals surface area contributed by atoms with Gasteiger partial charge in [0.05, 0.1) is 10.5 Å². The first kappa shape index (κ1) is 16.3. The first-order valence-electron chi connectivity index (χ1n) is 7.41. The van der Waals surface area contributed by atoms with E-state index >= 15 is 0 Å². The maximum atomic E-state index is 12.3. The Balaban J connectivity index is 1.86. The zero-order valence-electron chi connectivity index (χ0n) is 13.5. The van der Waals surface area contributed by atoms with E-state index in [1.165, 1.54) is 18.2 Å². The van der Waals surface area contributed by atoms with Gasteiger partial charge in [0.1, 0.15) is 5.76 Å². The number of benzene rings is 1. The van der Waals surface area contributed by atoms with Crippen LogP contribution >= 0.6 is 0 Å². The molecule has 2 aromatic heterocycles. The van der Waals surface area contributed by atoms with Crippen LogP contribution in [0.5, 0.6) is 0 Å². The van der Waals surface area contributed by atoms with Crippen LogP contribution in [0.3, 0.4) is 0 Å². The molecule has 0 unspecified atom stereocenters. The summed E-state index contributed by atoms with van der Waals surface area (Å²) in [5.74, 6) is -0.115. The summed E-state index contributed by atoms with van der Waals surface area (Å²) in [6, 6.07) is 10.9.